The van der Waals surface area contributed by atoms with Gasteiger partial charge in [-0.15, -0.1) is 0 Å². The maximum atomic E-state index is 12.6. The van der Waals surface area contributed by atoms with Gasteiger partial charge in [0.1, 0.15) is 0 Å². The Labute approximate surface area is 162 Å². The molecule has 0 saturated carbocycles. The van der Waals surface area contributed by atoms with Crippen LogP contribution in [0.1, 0.15) is 18.4 Å². The lowest BCUT2D eigenvalue weighted by molar-refractivity contribution is -0.121. The van der Waals surface area contributed by atoms with Gasteiger partial charge in [0, 0.05) is 25.2 Å². The predicted molar refractivity (Wildman–Crippen MR) is 110 cm³/mol. The van der Waals surface area contributed by atoms with Gasteiger partial charge in [-0.25, -0.2) is 0 Å². The third kappa shape index (κ3) is 3.96. The summed E-state index contributed by atoms with van der Waals surface area (Å²) in [6.07, 6.45) is 1.75. The average Bonchev–Trinajstić information content (AvgIpc) is 2.96. The van der Waals surface area contributed by atoms with Crippen LogP contribution in [0.5, 0.6) is 0 Å². The van der Waals surface area contributed by atoms with Crippen LogP contribution in [-0.2, 0) is 18.4 Å². The van der Waals surface area contributed by atoms with Crippen LogP contribution in [-0.4, -0.2) is 28.5 Å². The van der Waals surface area contributed by atoms with E-state index >= 15 is 0 Å². The summed E-state index contributed by atoms with van der Waals surface area (Å²) in [6, 6.07) is 16.1. The summed E-state index contributed by atoms with van der Waals surface area (Å²) in [7, 11) is 1.77. The van der Waals surface area contributed by atoms with Gasteiger partial charge in [0.2, 0.25) is 5.91 Å². The number of piperidine rings is 1. The second-order valence-corrected chi connectivity index (χ2v) is 8.13. The SMILES string of the molecule is Cn1c(=O)sc2cc(NC(=O)C3CCN(Cc4ccccc4)CC3)ccc21. The summed E-state index contributed by atoms with van der Waals surface area (Å²) < 4.78 is 2.53. The fourth-order valence-electron chi connectivity index (χ4n) is 3.65. The van der Waals surface area contributed by atoms with Crippen molar-refractivity contribution in [3.63, 3.8) is 0 Å². The van der Waals surface area contributed by atoms with Gasteiger partial charge in [0.15, 0.2) is 0 Å². The number of fused-ring (bicyclic) bond motifs is 1. The second kappa shape index (κ2) is 7.66. The molecule has 2 aromatic carbocycles. The minimum Gasteiger partial charge on any atom is -0.326 e. The number of carbonyl (C=O) groups excluding carboxylic acids is 1. The Morgan fingerprint density at radius 2 is 1.89 bits per heavy atom. The smallest absolute Gasteiger partial charge is 0.307 e. The number of anilines is 1. The fourth-order valence-corrected chi connectivity index (χ4v) is 4.57. The van der Waals surface area contributed by atoms with E-state index in [2.05, 4.69) is 34.5 Å². The van der Waals surface area contributed by atoms with Crippen molar-refractivity contribution in [2.45, 2.75) is 19.4 Å². The molecule has 1 amide bonds. The number of hydrogen-bond donors (Lipinski definition) is 1. The highest BCUT2D eigenvalue weighted by Crippen LogP contribution is 2.24. The summed E-state index contributed by atoms with van der Waals surface area (Å²) in [4.78, 5) is 26.8. The van der Waals surface area contributed by atoms with Gasteiger partial charge in [-0.1, -0.05) is 41.7 Å². The molecule has 0 aliphatic carbocycles. The summed E-state index contributed by atoms with van der Waals surface area (Å²) >= 11 is 1.21. The van der Waals surface area contributed by atoms with Crippen molar-refractivity contribution in [2.75, 3.05) is 18.4 Å². The van der Waals surface area contributed by atoms with Crippen molar-refractivity contribution in [3.8, 4) is 0 Å². The van der Waals surface area contributed by atoms with E-state index in [1.54, 1.807) is 11.6 Å². The normalized spacial score (nSPS) is 15.9. The molecule has 1 aliphatic rings. The van der Waals surface area contributed by atoms with E-state index in [9.17, 15) is 9.59 Å². The fraction of sp³-hybridized carbons (Fsp3) is 0.333. The zero-order valence-corrected chi connectivity index (χ0v) is 16.2. The number of carbonyl (C=O) groups is 1. The number of aryl methyl sites for hydroxylation is 1. The monoisotopic (exact) mass is 381 g/mol. The topological polar surface area (TPSA) is 54.3 Å². The molecule has 0 bridgehead atoms. The zero-order valence-electron chi connectivity index (χ0n) is 15.4. The van der Waals surface area contributed by atoms with E-state index in [-0.39, 0.29) is 16.7 Å². The van der Waals surface area contributed by atoms with Crippen molar-refractivity contribution in [3.05, 3.63) is 63.8 Å². The number of amides is 1. The Morgan fingerprint density at radius 1 is 1.15 bits per heavy atom. The van der Waals surface area contributed by atoms with Crippen molar-refractivity contribution >= 4 is 33.1 Å². The van der Waals surface area contributed by atoms with E-state index in [4.69, 9.17) is 0 Å². The van der Waals surface area contributed by atoms with E-state index in [1.165, 1.54) is 16.9 Å². The van der Waals surface area contributed by atoms with Crippen LogP contribution in [0, 0.1) is 5.92 Å². The lowest BCUT2D eigenvalue weighted by Crippen LogP contribution is -2.37. The molecular formula is C21H23N3O2S. The molecule has 27 heavy (non-hydrogen) atoms. The number of benzene rings is 2. The first-order valence-electron chi connectivity index (χ1n) is 9.27. The third-order valence-electron chi connectivity index (χ3n) is 5.27. The molecule has 0 unspecified atom stereocenters. The number of nitrogens with zero attached hydrogens (tertiary/aromatic N) is 2. The molecule has 1 aromatic heterocycles. The van der Waals surface area contributed by atoms with Crippen molar-refractivity contribution in [2.24, 2.45) is 13.0 Å². The number of hydrogen-bond acceptors (Lipinski definition) is 4. The van der Waals surface area contributed by atoms with Gasteiger partial charge < -0.3 is 9.88 Å². The second-order valence-electron chi connectivity index (χ2n) is 7.13. The first-order chi connectivity index (χ1) is 13.1. The van der Waals surface area contributed by atoms with Crippen LogP contribution in [0.4, 0.5) is 5.69 Å². The van der Waals surface area contributed by atoms with Crippen LogP contribution >= 0.6 is 11.3 Å². The molecule has 4 rings (SSSR count). The molecule has 1 fully saturated rings. The molecule has 0 spiro atoms. The number of likely N-dealkylation sites (tertiary alicyclic amines) is 1. The minimum absolute atomic E-state index is 0.0132. The zero-order chi connectivity index (χ0) is 18.8. The highest BCUT2D eigenvalue weighted by atomic mass is 32.1. The van der Waals surface area contributed by atoms with Crippen LogP contribution < -0.4 is 10.2 Å². The third-order valence-corrected chi connectivity index (χ3v) is 6.26. The molecule has 1 aliphatic heterocycles. The number of nitrogens with one attached hydrogen (secondary N) is 1. The maximum absolute atomic E-state index is 12.6. The molecule has 3 aromatic rings. The lowest BCUT2D eigenvalue weighted by atomic mass is 9.95. The minimum atomic E-state index is 0.0132. The van der Waals surface area contributed by atoms with Crippen molar-refractivity contribution < 1.29 is 4.79 Å². The first kappa shape index (κ1) is 17.9. The predicted octanol–water partition coefficient (Wildman–Crippen LogP) is 3.45. The van der Waals surface area contributed by atoms with Crippen LogP contribution in [0.3, 0.4) is 0 Å². The quantitative estimate of drug-likeness (QED) is 0.753. The maximum Gasteiger partial charge on any atom is 0.307 e. The number of thiazole rings is 1. The summed E-state index contributed by atoms with van der Waals surface area (Å²) in [5.74, 6) is 0.124. The summed E-state index contributed by atoms with van der Waals surface area (Å²) in [6.45, 7) is 2.82. The molecule has 1 saturated heterocycles. The van der Waals surface area contributed by atoms with Crippen LogP contribution in [0.15, 0.2) is 53.3 Å². The standard InChI is InChI=1S/C21H23N3O2S/c1-23-18-8-7-17(13-19(18)27-21(23)26)22-20(25)16-9-11-24(12-10-16)14-15-5-3-2-4-6-15/h2-8,13,16H,9-12,14H2,1H3,(H,22,25). The lowest BCUT2D eigenvalue weighted by Gasteiger charge is -2.31. The number of aromatic nitrogens is 1. The average molecular weight is 382 g/mol. The summed E-state index contributed by atoms with van der Waals surface area (Å²) in [5.41, 5.74) is 2.98. The molecule has 140 valence electrons. The van der Waals surface area contributed by atoms with Crippen molar-refractivity contribution in [1.82, 2.24) is 9.47 Å². The molecule has 1 N–H and O–H groups in total. The van der Waals surface area contributed by atoms with Gasteiger partial charge in [-0.2, -0.15) is 0 Å². The van der Waals surface area contributed by atoms with Crippen LogP contribution in [0.25, 0.3) is 10.2 Å². The van der Waals surface area contributed by atoms with Crippen molar-refractivity contribution in [1.29, 1.82) is 0 Å². The van der Waals surface area contributed by atoms with Gasteiger partial charge in [-0.05, 0) is 49.7 Å². The van der Waals surface area contributed by atoms with Gasteiger partial charge in [0.05, 0.1) is 10.2 Å². The Kier molecular flexibility index (Phi) is 5.09. The van der Waals surface area contributed by atoms with Gasteiger partial charge in [-0.3, -0.25) is 14.5 Å². The van der Waals surface area contributed by atoms with Gasteiger partial charge in [0.25, 0.3) is 0 Å². The Balaban J connectivity index is 1.35. The Hall–Kier alpha value is -2.44. The highest BCUT2D eigenvalue weighted by Gasteiger charge is 2.25. The number of rotatable bonds is 4. The molecule has 6 heteroatoms. The first-order valence-corrected chi connectivity index (χ1v) is 10.1. The van der Waals surface area contributed by atoms with E-state index in [1.807, 2.05) is 24.3 Å². The van der Waals surface area contributed by atoms with Crippen LogP contribution in [0.2, 0.25) is 0 Å². The molecule has 5 nitrogen and oxygen atoms in total. The molecule has 2 heterocycles. The largest absolute Gasteiger partial charge is 0.326 e. The van der Waals surface area contributed by atoms with E-state index < -0.39 is 0 Å². The molecule has 0 radical (unpaired) electrons. The molecular weight excluding hydrogens is 358 g/mol. The molecule has 0 atom stereocenters. The highest BCUT2D eigenvalue weighted by molar-refractivity contribution is 7.16. The Bertz CT molecular complexity index is 1000. The Morgan fingerprint density at radius 3 is 2.63 bits per heavy atom. The van der Waals surface area contributed by atoms with E-state index in [0.29, 0.717) is 0 Å². The summed E-state index contributed by atoms with van der Waals surface area (Å²) in [5, 5.41) is 3.03. The van der Waals surface area contributed by atoms with E-state index in [0.717, 1.165) is 48.4 Å². The van der Waals surface area contributed by atoms with Gasteiger partial charge >= 0.3 is 4.87 Å².